The number of benzene rings is 1. The van der Waals surface area contributed by atoms with E-state index < -0.39 is 0 Å². The summed E-state index contributed by atoms with van der Waals surface area (Å²) >= 11 is 6.16. The predicted molar refractivity (Wildman–Crippen MR) is 77.4 cm³/mol. The van der Waals surface area contributed by atoms with E-state index in [0.29, 0.717) is 17.7 Å². The van der Waals surface area contributed by atoms with Crippen molar-refractivity contribution in [1.82, 2.24) is 0 Å². The standard InChI is InChI=1S/C15H18ClNO3/c1-19-15(18)10-6-7-17(9-10)11-2-5-13(16)14(8-11)20-12-3-4-12/h2,5,8,10,12H,3-4,6-7,9H2,1H3. The van der Waals surface area contributed by atoms with Crippen molar-refractivity contribution in [3.05, 3.63) is 23.2 Å². The lowest BCUT2D eigenvalue weighted by molar-refractivity contribution is -0.144. The van der Waals surface area contributed by atoms with Crippen LogP contribution in [0.2, 0.25) is 5.02 Å². The third-order valence-corrected chi connectivity index (χ3v) is 4.13. The lowest BCUT2D eigenvalue weighted by Crippen LogP contribution is -2.23. The molecule has 2 aliphatic rings. The van der Waals surface area contributed by atoms with Crippen LogP contribution in [0.15, 0.2) is 18.2 Å². The van der Waals surface area contributed by atoms with E-state index >= 15 is 0 Å². The summed E-state index contributed by atoms with van der Waals surface area (Å²) in [5.41, 5.74) is 1.05. The van der Waals surface area contributed by atoms with Gasteiger partial charge in [0.2, 0.25) is 0 Å². The smallest absolute Gasteiger partial charge is 0.310 e. The fourth-order valence-electron chi connectivity index (χ4n) is 2.50. The van der Waals surface area contributed by atoms with Gasteiger partial charge in [0.25, 0.3) is 0 Å². The van der Waals surface area contributed by atoms with Gasteiger partial charge in [0.1, 0.15) is 5.75 Å². The Kier molecular flexibility index (Phi) is 3.74. The number of carbonyl (C=O) groups excluding carboxylic acids is 1. The second kappa shape index (κ2) is 5.52. The van der Waals surface area contributed by atoms with Crippen molar-refractivity contribution in [2.24, 2.45) is 5.92 Å². The van der Waals surface area contributed by atoms with Crippen molar-refractivity contribution in [3.8, 4) is 5.75 Å². The van der Waals surface area contributed by atoms with Gasteiger partial charge in [-0.2, -0.15) is 0 Å². The van der Waals surface area contributed by atoms with Crippen molar-refractivity contribution in [1.29, 1.82) is 0 Å². The normalized spacial score (nSPS) is 21.9. The van der Waals surface area contributed by atoms with E-state index in [0.717, 1.165) is 37.2 Å². The molecule has 20 heavy (non-hydrogen) atoms. The quantitative estimate of drug-likeness (QED) is 0.801. The molecule has 108 valence electrons. The van der Waals surface area contributed by atoms with Crippen LogP contribution >= 0.6 is 11.6 Å². The average molecular weight is 296 g/mol. The molecule has 1 aromatic carbocycles. The first-order chi connectivity index (χ1) is 9.67. The number of methoxy groups -OCH3 is 1. The van der Waals surface area contributed by atoms with Crippen molar-refractivity contribution in [3.63, 3.8) is 0 Å². The first-order valence-corrected chi connectivity index (χ1v) is 7.34. The molecule has 0 aromatic heterocycles. The lowest BCUT2D eigenvalue weighted by atomic mass is 10.1. The van der Waals surface area contributed by atoms with Gasteiger partial charge in [-0.25, -0.2) is 0 Å². The van der Waals surface area contributed by atoms with Crippen LogP contribution in [0.5, 0.6) is 5.75 Å². The number of hydrogen-bond donors (Lipinski definition) is 0. The molecule has 1 heterocycles. The van der Waals surface area contributed by atoms with E-state index in [1.165, 1.54) is 7.11 Å². The molecular formula is C15H18ClNO3. The van der Waals surface area contributed by atoms with Crippen molar-refractivity contribution >= 4 is 23.3 Å². The second-order valence-electron chi connectivity index (χ2n) is 5.39. The van der Waals surface area contributed by atoms with E-state index in [2.05, 4.69) is 4.90 Å². The van der Waals surface area contributed by atoms with Crippen LogP contribution in [0.4, 0.5) is 5.69 Å². The van der Waals surface area contributed by atoms with E-state index in [-0.39, 0.29) is 11.9 Å². The number of carbonyl (C=O) groups is 1. The molecule has 0 bridgehead atoms. The zero-order valence-corrected chi connectivity index (χ0v) is 12.2. The summed E-state index contributed by atoms with van der Waals surface area (Å²) in [4.78, 5) is 13.7. The van der Waals surface area contributed by atoms with Crippen molar-refractivity contribution in [2.45, 2.75) is 25.4 Å². The van der Waals surface area contributed by atoms with Gasteiger partial charge in [0.15, 0.2) is 0 Å². The summed E-state index contributed by atoms with van der Waals surface area (Å²) in [6, 6.07) is 5.81. The Bertz CT molecular complexity index is 516. The first-order valence-electron chi connectivity index (χ1n) is 6.96. The van der Waals surface area contributed by atoms with E-state index in [9.17, 15) is 4.79 Å². The number of ether oxygens (including phenoxy) is 2. The largest absolute Gasteiger partial charge is 0.489 e. The molecule has 3 rings (SSSR count). The average Bonchev–Trinajstić information content (AvgIpc) is 3.13. The Morgan fingerprint density at radius 3 is 2.85 bits per heavy atom. The Hall–Kier alpha value is -1.42. The van der Waals surface area contributed by atoms with Gasteiger partial charge in [0.05, 0.1) is 24.2 Å². The highest BCUT2D eigenvalue weighted by molar-refractivity contribution is 6.32. The number of anilines is 1. The number of nitrogens with zero attached hydrogens (tertiary/aromatic N) is 1. The number of halogens is 1. The van der Waals surface area contributed by atoms with Crippen LogP contribution in [0, 0.1) is 5.92 Å². The fourth-order valence-corrected chi connectivity index (χ4v) is 2.66. The Morgan fingerprint density at radius 1 is 1.35 bits per heavy atom. The van der Waals surface area contributed by atoms with Crippen LogP contribution in [0.3, 0.4) is 0 Å². The molecule has 2 fully saturated rings. The third kappa shape index (κ3) is 2.85. The highest BCUT2D eigenvalue weighted by Crippen LogP contribution is 2.36. The molecule has 1 saturated heterocycles. The van der Waals surface area contributed by atoms with Gasteiger partial charge in [-0.15, -0.1) is 0 Å². The lowest BCUT2D eigenvalue weighted by Gasteiger charge is -2.19. The van der Waals surface area contributed by atoms with Gasteiger partial charge in [-0.3, -0.25) is 4.79 Å². The molecule has 4 nitrogen and oxygen atoms in total. The monoisotopic (exact) mass is 295 g/mol. The predicted octanol–water partition coefficient (Wildman–Crippen LogP) is 2.88. The van der Waals surface area contributed by atoms with Crippen LogP contribution in [-0.4, -0.2) is 32.3 Å². The molecule has 1 atom stereocenters. The van der Waals surface area contributed by atoms with Gasteiger partial charge in [-0.05, 0) is 31.4 Å². The molecule has 5 heteroatoms. The summed E-state index contributed by atoms with van der Waals surface area (Å²) in [7, 11) is 1.44. The Balaban J connectivity index is 1.72. The second-order valence-corrected chi connectivity index (χ2v) is 5.79. The molecule has 1 aliphatic heterocycles. The van der Waals surface area contributed by atoms with Gasteiger partial charge < -0.3 is 14.4 Å². The molecule has 0 N–H and O–H groups in total. The summed E-state index contributed by atoms with van der Waals surface area (Å²) in [5, 5.41) is 0.643. The molecule has 0 amide bonds. The maximum absolute atomic E-state index is 11.6. The highest BCUT2D eigenvalue weighted by atomic mass is 35.5. The molecular weight excluding hydrogens is 278 g/mol. The summed E-state index contributed by atoms with van der Waals surface area (Å²) in [6.07, 6.45) is 3.36. The van der Waals surface area contributed by atoms with Crippen LogP contribution in [-0.2, 0) is 9.53 Å². The van der Waals surface area contributed by atoms with E-state index in [4.69, 9.17) is 21.1 Å². The van der Waals surface area contributed by atoms with Crippen LogP contribution in [0.1, 0.15) is 19.3 Å². The number of rotatable bonds is 4. The summed E-state index contributed by atoms with van der Waals surface area (Å²) in [6.45, 7) is 1.54. The minimum Gasteiger partial charge on any atom is -0.489 e. The first kappa shape index (κ1) is 13.6. The zero-order valence-electron chi connectivity index (χ0n) is 11.5. The summed E-state index contributed by atoms with van der Waals surface area (Å²) < 4.78 is 10.6. The maximum Gasteiger partial charge on any atom is 0.310 e. The number of esters is 1. The Labute approximate surface area is 123 Å². The minimum atomic E-state index is -0.129. The Morgan fingerprint density at radius 2 is 2.15 bits per heavy atom. The SMILES string of the molecule is COC(=O)C1CCN(c2ccc(Cl)c(OC3CC3)c2)C1. The van der Waals surface area contributed by atoms with Gasteiger partial charge >= 0.3 is 5.97 Å². The highest BCUT2D eigenvalue weighted by Gasteiger charge is 2.30. The molecule has 1 unspecified atom stereocenters. The zero-order chi connectivity index (χ0) is 14.1. The van der Waals surface area contributed by atoms with E-state index in [1.54, 1.807) is 0 Å². The minimum absolute atomic E-state index is 0.0384. The van der Waals surface area contributed by atoms with Crippen molar-refractivity contribution in [2.75, 3.05) is 25.1 Å². The molecule has 0 spiro atoms. The van der Waals surface area contributed by atoms with Crippen LogP contribution < -0.4 is 9.64 Å². The van der Waals surface area contributed by atoms with Gasteiger partial charge in [-0.1, -0.05) is 11.6 Å². The molecule has 1 aliphatic carbocycles. The molecule has 1 saturated carbocycles. The molecule has 1 aromatic rings. The van der Waals surface area contributed by atoms with Crippen LogP contribution in [0.25, 0.3) is 0 Å². The number of hydrogen-bond acceptors (Lipinski definition) is 4. The third-order valence-electron chi connectivity index (χ3n) is 3.82. The van der Waals surface area contributed by atoms with Crippen molar-refractivity contribution < 1.29 is 14.3 Å². The van der Waals surface area contributed by atoms with E-state index in [1.807, 2.05) is 18.2 Å². The summed E-state index contributed by atoms with van der Waals surface area (Å²) in [5.74, 6) is 0.576. The fraction of sp³-hybridized carbons (Fsp3) is 0.533. The maximum atomic E-state index is 11.6. The van der Waals surface area contributed by atoms with Gasteiger partial charge in [0, 0.05) is 24.8 Å². The topological polar surface area (TPSA) is 38.8 Å². The molecule has 0 radical (unpaired) electrons.